The normalized spacial score (nSPS) is 33.4. The molecule has 0 aliphatic carbocycles. The van der Waals surface area contributed by atoms with Gasteiger partial charge in [0.25, 0.3) is 0 Å². The third kappa shape index (κ3) is 1.98. The van der Waals surface area contributed by atoms with Crippen molar-refractivity contribution < 1.29 is 24.3 Å². The number of aromatic hydroxyl groups is 1. The highest BCUT2D eigenvalue weighted by atomic mass is 16.7. The minimum Gasteiger partial charge on any atom is -0.508 e. The zero-order chi connectivity index (χ0) is 16.4. The number of fused-ring (bicyclic) bond motifs is 6. The number of hydroxylamine groups is 1. The fourth-order valence-electron chi connectivity index (χ4n) is 3.81. The van der Waals surface area contributed by atoms with Gasteiger partial charge in [0.15, 0.2) is 0 Å². The van der Waals surface area contributed by atoms with Gasteiger partial charge in [-0.1, -0.05) is 0 Å². The van der Waals surface area contributed by atoms with Gasteiger partial charge in [-0.3, -0.25) is 14.7 Å². The molecule has 2 saturated heterocycles. The summed E-state index contributed by atoms with van der Waals surface area (Å²) in [6, 6.07) is 3.45. The number of carbonyl (C=O) groups is 2. The van der Waals surface area contributed by atoms with Gasteiger partial charge < -0.3 is 20.9 Å². The van der Waals surface area contributed by atoms with E-state index in [1.54, 1.807) is 11.1 Å². The molecule has 4 N–H and O–H groups in total. The summed E-state index contributed by atoms with van der Waals surface area (Å²) in [6.45, 7) is 2.53. The van der Waals surface area contributed by atoms with Crippen molar-refractivity contribution in [1.29, 1.82) is 0 Å². The fourth-order valence-corrected chi connectivity index (χ4v) is 3.81. The number of phenolic OH excluding ortho intramolecular Hbond substituents is 1. The van der Waals surface area contributed by atoms with E-state index in [2.05, 4.69) is 5.32 Å². The Kier molecular flexibility index (Phi) is 2.85. The van der Waals surface area contributed by atoms with Crippen LogP contribution in [-0.2, 0) is 9.57 Å². The summed E-state index contributed by atoms with van der Waals surface area (Å²) in [6.07, 6.45) is -0.206. The molecule has 4 rings (SSSR count). The number of anilines is 1. The van der Waals surface area contributed by atoms with Gasteiger partial charge in [-0.05, 0) is 19.1 Å². The number of carbonyl (C=O) groups excluding carboxylic acids is 2. The molecule has 3 aliphatic rings. The van der Waals surface area contributed by atoms with Crippen LogP contribution in [0.4, 0.5) is 10.5 Å². The van der Waals surface area contributed by atoms with Crippen molar-refractivity contribution >= 4 is 18.1 Å². The summed E-state index contributed by atoms with van der Waals surface area (Å²) in [5.74, 6) is -0.411. The topological polar surface area (TPSA) is 124 Å². The van der Waals surface area contributed by atoms with Crippen LogP contribution < -0.4 is 16.1 Å². The summed E-state index contributed by atoms with van der Waals surface area (Å²) in [5, 5.41) is 15.5. The molecule has 122 valence electrons. The molecule has 0 saturated carbocycles. The Bertz CT molecular complexity index is 709. The lowest BCUT2D eigenvalue weighted by Gasteiger charge is -2.49. The lowest BCUT2D eigenvalue weighted by molar-refractivity contribution is -0.101. The van der Waals surface area contributed by atoms with Crippen molar-refractivity contribution in [1.82, 2.24) is 5.32 Å². The highest BCUT2D eigenvalue weighted by Gasteiger charge is 2.63. The quantitative estimate of drug-likeness (QED) is 0.539. The van der Waals surface area contributed by atoms with Crippen molar-refractivity contribution in [3.63, 3.8) is 0 Å². The minimum absolute atomic E-state index is 0.00836. The van der Waals surface area contributed by atoms with E-state index in [0.717, 1.165) is 0 Å². The molecular weight excluding hydrogens is 302 g/mol. The van der Waals surface area contributed by atoms with Gasteiger partial charge in [0.05, 0.1) is 24.2 Å². The SMILES string of the molecule is CC12ON(C[C@@H]3N[C@@H]31)c1cc(C=O)cc(O)c1[C@@H]2COC(N)=O. The lowest BCUT2D eigenvalue weighted by Crippen LogP contribution is -2.57. The maximum absolute atomic E-state index is 11.1. The van der Waals surface area contributed by atoms with Crippen LogP contribution in [0.2, 0.25) is 0 Å². The second kappa shape index (κ2) is 4.59. The van der Waals surface area contributed by atoms with Crippen LogP contribution in [0, 0.1) is 0 Å². The number of primary amides is 1. The summed E-state index contributed by atoms with van der Waals surface area (Å²) in [7, 11) is 0. The molecule has 3 aliphatic heterocycles. The Labute approximate surface area is 132 Å². The van der Waals surface area contributed by atoms with Crippen LogP contribution >= 0.6 is 0 Å². The number of phenols is 1. The van der Waals surface area contributed by atoms with Crippen molar-refractivity contribution in [3.05, 3.63) is 23.3 Å². The Morgan fingerprint density at radius 3 is 3.13 bits per heavy atom. The molecule has 1 amide bonds. The molecule has 1 aromatic carbocycles. The van der Waals surface area contributed by atoms with Crippen LogP contribution in [0.3, 0.4) is 0 Å². The third-order valence-electron chi connectivity index (χ3n) is 4.97. The van der Waals surface area contributed by atoms with E-state index in [1.165, 1.54) is 6.07 Å². The van der Waals surface area contributed by atoms with Gasteiger partial charge in [0.1, 0.15) is 24.2 Å². The van der Waals surface area contributed by atoms with E-state index in [4.69, 9.17) is 15.3 Å². The average Bonchev–Trinajstić information content (AvgIpc) is 3.27. The van der Waals surface area contributed by atoms with E-state index >= 15 is 0 Å². The number of nitrogens with two attached hydrogens (primary N) is 1. The smallest absolute Gasteiger partial charge is 0.404 e. The molecule has 0 radical (unpaired) electrons. The molecule has 1 unspecified atom stereocenters. The molecule has 2 fully saturated rings. The van der Waals surface area contributed by atoms with Crippen molar-refractivity contribution in [3.8, 4) is 5.75 Å². The summed E-state index contributed by atoms with van der Waals surface area (Å²) >= 11 is 0. The van der Waals surface area contributed by atoms with E-state index < -0.39 is 17.6 Å². The summed E-state index contributed by atoms with van der Waals surface area (Å²) in [4.78, 5) is 28.2. The summed E-state index contributed by atoms with van der Waals surface area (Å²) < 4.78 is 5.01. The molecule has 1 aromatic rings. The van der Waals surface area contributed by atoms with E-state index in [1.807, 2.05) is 6.92 Å². The van der Waals surface area contributed by atoms with Crippen molar-refractivity contribution in [2.24, 2.45) is 5.73 Å². The number of nitrogens with one attached hydrogen (secondary N) is 1. The molecule has 8 nitrogen and oxygen atoms in total. The molecule has 23 heavy (non-hydrogen) atoms. The van der Waals surface area contributed by atoms with Crippen LogP contribution in [0.25, 0.3) is 0 Å². The van der Waals surface area contributed by atoms with E-state index in [-0.39, 0.29) is 24.4 Å². The molecule has 2 bridgehead atoms. The molecule has 4 atom stereocenters. The van der Waals surface area contributed by atoms with Crippen LogP contribution in [-0.4, -0.2) is 48.3 Å². The maximum Gasteiger partial charge on any atom is 0.404 e. The number of amides is 1. The number of ether oxygens (including phenoxy) is 1. The number of nitrogens with zero attached hydrogens (tertiary/aromatic N) is 1. The Morgan fingerprint density at radius 1 is 1.65 bits per heavy atom. The monoisotopic (exact) mass is 319 g/mol. The van der Waals surface area contributed by atoms with Gasteiger partial charge in [0, 0.05) is 17.2 Å². The zero-order valence-electron chi connectivity index (χ0n) is 12.5. The molecule has 8 heteroatoms. The van der Waals surface area contributed by atoms with Crippen molar-refractivity contribution in [2.45, 2.75) is 30.5 Å². The number of rotatable bonds is 3. The highest BCUT2D eigenvalue weighted by molar-refractivity contribution is 5.80. The Hall–Kier alpha value is -2.32. The average molecular weight is 319 g/mol. The number of aldehydes is 1. The van der Waals surface area contributed by atoms with Gasteiger partial charge in [0.2, 0.25) is 0 Å². The highest BCUT2D eigenvalue weighted by Crippen LogP contribution is 2.54. The minimum atomic E-state index is -0.877. The molecule has 0 aromatic heterocycles. The number of benzene rings is 1. The first-order chi connectivity index (χ1) is 10.9. The van der Waals surface area contributed by atoms with E-state index in [0.29, 0.717) is 29.6 Å². The molecular formula is C15H17N3O5. The summed E-state index contributed by atoms with van der Waals surface area (Å²) in [5.41, 5.74) is 6.00. The third-order valence-corrected chi connectivity index (χ3v) is 4.97. The zero-order valence-corrected chi connectivity index (χ0v) is 12.5. The van der Waals surface area contributed by atoms with Gasteiger partial charge in [-0.25, -0.2) is 4.79 Å². The Balaban J connectivity index is 1.84. The predicted molar refractivity (Wildman–Crippen MR) is 79.3 cm³/mol. The second-order valence-electron chi connectivity index (χ2n) is 6.36. The van der Waals surface area contributed by atoms with Gasteiger partial charge in [-0.2, -0.15) is 0 Å². The predicted octanol–water partition coefficient (Wildman–Crippen LogP) is 0.248. The van der Waals surface area contributed by atoms with Crippen LogP contribution in [0.5, 0.6) is 5.75 Å². The van der Waals surface area contributed by atoms with Gasteiger partial charge in [-0.15, -0.1) is 0 Å². The Morgan fingerprint density at radius 2 is 2.43 bits per heavy atom. The largest absolute Gasteiger partial charge is 0.508 e. The van der Waals surface area contributed by atoms with Crippen LogP contribution in [0.15, 0.2) is 12.1 Å². The molecule has 0 spiro atoms. The fraction of sp³-hybridized carbons (Fsp3) is 0.467. The lowest BCUT2D eigenvalue weighted by atomic mass is 9.76. The second-order valence-corrected chi connectivity index (χ2v) is 6.36. The first-order valence-electron chi connectivity index (χ1n) is 7.41. The standard InChI is InChI=1S/C15H17N3O5/c1-15-8(6-22-14(16)21)12-10(2-7(5-19)3-11(12)20)18(23-15)4-9-13(15)17-9/h2-3,5,8-9,13,17,20H,4,6H2,1H3,(H2,16,21)/t8-,9-,13-,15?/m0/s1. The molecule has 3 heterocycles. The maximum atomic E-state index is 11.1. The van der Waals surface area contributed by atoms with Crippen molar-refractivity contribution in [2.75, 3.05) is 18.2 Å². The number of hydrogen-bond donors (Lipinski definition) is 3. The van der Waals surface area contributed by atoms with Crippen LogP contribution in [0.1, 0.15) is 28.8 Å². The van der Waals surface area contributed by atoms with Gasteiger partial charge >= 0.3 is 6.09 Å². The van der Waals surface area contributed by atoms with E-state index in [9.17, 15) is 14.7 Å². The first kappa shape index (κ1) is 14.3. The number of hydrogen-bond acceptors (Lipinski definition) is 7. The first-order valence-corrected chi connectivity index (χ1v) is 7.41.